The molecule has 1 atom stereocenters. The molecule has 0 aliphatic rings. The Bertz CT molecular complexity index is 1160. The molecule has 0 amide bonds. The zero-order chi connectivity index (χ0) is 55.7. The van der Waals surface area contributed by atoms with Crippen LogP contribution in [0.2, 0.25) is 0 Å². The molecule has 0 bridgehead atoms. The fourth-order valence-corrected chi connectivity index (χ4v) is 11.3. The molecule has 0 spiro atoms. The van der Waals surface area contributed by atoms with Crippen molar-refractivity contribution >= 4 is 17.9 Å². The lowest BCUT2D eigenvalue weighted by molar-refractivity contribution is -0.167. The maximum absolute atomic E-state index is 12.9. The summed E-state index contributed by atoms with van der Waals surface area (Å²) < 4.78 is 16.9. The van der Waals surface area contributed by atoms with Crippen LogP contribution in [0.3, 0.4) is 0 Å². The minimum Gasteiger partial charge on any atom is -0.462 e. The highest BCUT2D eigenvalue weighted by molar-refractivity contribution is 5.71. The Kier molecular flexibility index (Phi) is 65.5. The summed E-state index contributed by atoms with van der Waals surface area (Å²) in [5.41, 5.74) is 0. The van der Waals surface area contributed by atoms with Crippen LogP contribution in [0.25, 0.3) is 0 Å². The summed E-state index contributed by atoms with van der Waals surface area (Å²) in [4.78, 5) is 38.2. The number of ether oxygens (including phenoxy) is 3. The van der Waals surface area contributed by atoms with Crippen molar-refractivity contribution in [2.24, 2.45) is 0 Å². The molecule has 0 rings (SSSR count). The van der Waals surface area contributed by atoms with E-state index in [9.17, 15) is 14.4 Å². The van der Waals surface area contributed by atoms with Crippen molar-refractivity contribution in [1.82, 2.24) is 0 Å². The third-order valence-corrected chi connectivity index (χ3v) is 16.6. The van der Waals surface area contributed by atoms with Crippen molar-refractivity contribution in [2.45, 2.75) is 425 Å². The second-order valence-electron chi connectivity index (χ2n) is 24.5. The molecule has 77 heavy (non-hydrogen) atoms. The van der Waals surface area contributed by atoms with Crippen LogP contribution < -0.4 is 0 Å². The van der Waals surface area contributed by atoms with Gasteiger partial charge in [0.25, 0.3) is 0 Å². The SMILES string of the molecule is CCCCCCCCCCCCCCCCCCCCCCCCCCCCCCCCCC(=O)OCC(COC(=O)CCCCCCCCCC)OC(=O)CCCCCCCCCCCCCCCCCCCCCC. The van der Waals surface area contributed by atoms with Gasteiger partial charge < -0.3 is 14.2 Å². The summed E-state index contributed by atoms with van der Waals surface area (Å²) in [6.07, 6.45) is 78.8. The number of esters is 3. The molecule has 0 fully saturated rings. The molecule has 0 aromatic heterocycles. The van der Waals surface area contributed by atoms with E-state index in [0.717, 1.165) is 57.8 Å². The van der Waals surface area contributed by atoms with Crippen LogP contribution in [-0.2, 0) is 28.6 Å². The summed E-state index contributed by atoms with van der Waals surface area (Å²) in [6.45, 7) is 6.70. The molecule has 0 N–H and O–H groups in total. The third kappa shape index (κ3) is 65.1. The molecular weight excluding hydrogens is 949 g/mol. The molecule has 0 saturated heterocycles. The summed E-state index contributed by atoms with van der Waals surface area (Å²) in [6, 6.07) is 0. The van der Waals surface area contributed by atoms with Gasteiger partial charge in [0.1, 0.15) is 13.2 Å². The number of unbranched alkanes of at least 4 members (excludes halogenated alkanes) is 56. The van der Waals surface area contributed by atoms with Gasteiger partial charge in [0, 0.05) is 19.3 Å². The van der Waals surface area contributed by atoms with E-state index in [4.69, 9.17) is 14.2 Å². The van der Waals surface area contributed by atoms with E-state index in [1.807, 2.05) is 0 Å². The van der Waals surface area contributed by atoms with E-state index < -0.39 is 6.10 Å². The number of hydrogen-bond acceptors (Lipinski definition) is 6. The molecule has 0 aromatic carbocycles. The van der Waals surface area contributed by atoms with E-state index >= 15 is 0 Å². The van der Waals surface area contributed by atoms with Crippen molar-refractivity contribution in [3.63, 3.8) is 0 Å². The average Bonchev–Trinajstić information content (AvgIpc) is 3.43. The van der Waals surface area contributed by atoms with Gasteiger partial charge in [-0.05, 0) is 19.3 Å². The Hall–Kier alpha value is -1.59. The fourth-order valence-electron chi connectivity index (χ4n) is 11.3. The van der Waals surface area contributed by atoms with Crippen LogP contribution in [-0.4, -0.2) is 37.2 Å². The van der Waals surface area contributed by atoms with Crippen LogP contribution in [0.1, 0.15) is 419 Å². The van der Waals surface area contributed by atoms with Crippen molar-refractivity contribution in [3.05, 3.63) is 0 Å². The molecule has 0 aliphatic heterocycles. The first-order chi connectivity index (χ1) is 38.0. The smallest absolute Gasteiger partial charge is 0.306 e. The lowest BCUT2D eigenvalue weighted by Gasteiger charge is -2.18. The average molecular weight is 1090 g/mol. The molecular formula is C71H138O6. The first-order valence-corrected chi connectivity index (χ1v) is 35.5. The zero-order valence-corrected chi connectivity index (χ0v) is 52.8. The zero-order valence-electron chi connectivity index (χ0n) is 52.8. The topological polar surface area (TPSA) is 78.9 Å². The minimum atomic E-state index is -0.762. The molecule has 6 nitrogen and oxygen atoms in total. The highest BCUT2D eigenvalue weighted by Crippen LogP contribution is 2.20. The predicted molar refractivity (Wildman–Crippen MR) is 335 cm³/mol. The lowest BCUT2D eigenvalue weighted by atomic mass is 10.0. The summed E-state index contributed by atoms with van der Waals surface area (Å²) >= 11 is 0. The van der Waals surface area contributed by atoms with E-state index in [1.165, 1.54) is 321 Å². The Labute approximate surface area is 482 Å². The van der Waals surface area contributed by atoms with Crippen LogP contribution >= 0.6 is 0 Å². The van der Waals surface area contributed by atoms with E-state index in [0.29, 0.717) is 19.3 Å². The predicted octanol–water partition coefficient (Wildman–Crippen LogP) is 24.2. The maximum Gasteiger partial charge on any atom is 0.306 e. The Morgan fingerprint density at radius 3 is 0.519 bits per heavy atom. The van der Waals surface area contributed by atoms with Gasteiger partial charge in [-0.15, -0.1) is 0 Å². The van der Waals surface area contributed by atoms with Crippen molar-refractivity contribution in [1.29, 1.82) is 0 Å². The number of rotatable bonds is 67. The highest BCUT2D eigenvalue weighted by Gasteiger charge is 2.19. The summed E-state index contributed by atoms with van der Waals surface area (Å²) in [5, 5.41) is 0. The minimum absolute atomic E-state index is 0.0610. The Morgan fingerprint density at radius 1 is 0.208 bits per heavy atom. The Morgan fingerprint density at radius 2 is 0.351 bits per heavy atom. The van der Waals surface area contributed by atoms with Gasteiger partial charge in [0.2, 0.25) is 0 Å². The first-order valence-electron chi connectivity index (χ1n) is 35.5. The fraction of sp³-hybridized carbons (Fsp3) is 0.958. The first kappa shape index (κ1) is 75.4. The van der Waals surface area contributed by atoms with Gasteiger partial charge in [-0.1, -0.05) is 380 Å². The monoisotopic (exact) mass is 1090 g/mol. The van der Waals surface area contributed by atoms with Gasteiger partial charge in [0.05, 0.1) is 0 Å². The van der Waals surface area contributed by atoms with E-state index in [2.05, 4.69) is 20.8 Å². The summed E-state index contributed by atoms with van der Waals surface area (Å²) in [7, 11) is 0. The molecule has 6 heteroatoms. The largest absolute Gasteiger partial charge is 0.462 e. The van der Waals surface area contributed by atoms with Gasteiger partial charge in [-0.2, -0.15) is 0 Å². The van der Waals surface area contributed by atoms with E-state index in [-0.39, 0.29) is 31.1 Å². The Balaban J connectivity index is 3.98. The second kappa shape index (κ2) is 66.9. The molecule has 0 radical (unpaired) electrons. The van der Waals surface area contributed by atoms with Crippen LogP contribution in [0.15, 0.2) is 0 Å². The standard InChI is InChI=1S/C71H138O6/c1-4-7-10-13-16-19-21-23-25-27-29-31-32-33-34-35-36-37-38-39-40-41-43-44-46-48-50-52-55-58-61-64-70(73)76-67-68(66-75-69(72)63-60-57-54-18-15-12-9-6-3)77-71(74)65-62-59-56-53-51-49-47-45-42-30-28-26-24-22-20-17-14-11-8-5-2/h68H,4-67H2,1-3H3. The van der Waals surface area contributed by atoms with Crippen molar-refractivity contribution in [2.75, 3.05) is 13.2 Å². The van der Waals surface area contributed by atoms with Gasteiger partial charge in [-0.25, -0.2) is 0 Å². The van der Waals surface area contributed by atoms with Gasteiger partial charge in [-0.3, -0.25) is 14.4 Å². The third-order valence-electron chi connectivity index (χ3n) is 16.6. The molecule has 0 aromatic rings. The molecule has 0 heterocycles. The number of hydrogen-bond donors (Lipinski definition) is 0. The lowest BCUT2D eigenvalue weighted by Crippen LogP contribution is -2.30. The molecule has 1 unspecified atom stereocenters. The van der Waals surface area contributed by atoms with Gasteiger partial charge >= 0.3 is 17.9 Å². The molecule has 458 valence electrons. The number of carbonyl (C=O) groups is 3. The highest BCUT2D eigenvalue weighted by atomic mass is 16.6. The van der Waals surface area contributed by atoms with Crippen LogP contribution in [0.4, 0.5) is 0 Å². The summed E-state index contributed by atoms with van der Waals surface area (Å²) in [5.74, 6) is -0.830. The van der Waals surface area contributed by atoms with Gasteiger partial charge in [0.15, 0.2) is 6.10 Å². The van der Waals surface area contributed by atoms with Crippen LogP contribution in [0.5, 0.6) is 0 Å². The second-order valence-corrected chi connectivity index (χ2v) is 24.5. The molecule has 0 saturated carbocycles. The number of carbonyl (C=O) groups excluding carboxylic acids is 3. The molecule has 0 aliphatic carbocycles. The normalized spacial score (nSPS) is 11.9. The maximum atomic E-state index is 12.9. The quantitative estimate of drug-likeness (QED) is 0.0343. The van der Waals surface area contributed by atoms with E-state index in [1.54, 1.807) is 0 Å². The van der Waals surface area contributed by atoms with Crippen molar-refractivity contribution < 1.29 is 28.6 Å². The van der Waals surface area contributed by atoms with Crippen LogP contribution in [0, 0.1) is 0 Å². The van der Waals surface area contributed by atoms with Crippen molar-refractivity contribution in [3.8, 4) is 0 Å².